The van der Waals surface area contributed by atoms with Gasteiger partial charge in [0.25, 0.3) is 0 Å². The number of Topliss-reactive ketones (excluding diaryl/α,β-unsaturated/α-hetero) is 1. The van der Waals surface area contributed by atoms with Crippen molar-refractivity contribution < 1.29 is 4.79 Å². The number of nitrogens with zero attached hydrogens (tertiary/aromatic N) is 3. The van der Waals surface area contributed by atoms with E-state index in [4.69, 9.17) is 0 Å². The molecule has 0 N–H and O–H groups in total. The molecule has 4 heteroatoms. The van der Waals surface area contributed by atoms with Crippen molar-refractivity contribution in [3.63, 3.8) is 0 Å². The molecule has 4 nitrogen and oxygen atoms in total. The van der Waals surface area contributed by atoms with Crippen molar-refractivity contribution in [2.45, 2.75) is 26.8 Å². The first-order valence-corrected chi connectivity index (χ1v) is 5.14. The summed E-state index contributed by atoms with van der Waals surface area (Å²) >= 11 is 0. The third-order valence-corrected chi connectivity index (χ3v) is 2.70. The van der Waals surface area contributed by atoms with Gasteiger partial charge in [-0.05, 0) is 14.0 Å². The van der Waals surface area contributed by atoms with Gasteiger partial charge in [-0.3, -0.25) is 4.79 Å². The molecule has 1 aromatic rings. The van der Waals surface area contributed by atoms with Crippen molar-refractivity contribution in [1.29, 1.82) is 0 Å². The predicted octanol–water partition coefficient (Wildman–Crippen LogP) is 0.976. The van der Waals surface area contributed by atoms with E-state index in [1.54, 1.807) is 6.92 Å². The van der Waals surface area contributed by atoms with E-state index in [2.05, 4.69) is 14.9 Å². The minimum absolute atomic E-state index is 0.0343. The third kappa shape index (κ3) is 1.90. The molecule has 0 atom stereocenters. The van der Waals surface area contributed by atoms with Gasteiger partial charge in [-0.1, -0.05) is 0 Å². The fourth-order valence-corrected chi connectivity index (χ4v) is 1.96. The van der Waals surface area contributed by atoms with E-state index in [-0.39, 0.29) is 5.78 Å². The molecule has 2 heterocycles. The van der Waals surface area contributed by atoms with Gasteiger partial charge in [-0.2, -0.15) is 0 Å². The summed E-state index contributed by atoms with van der Waals surface area (Å²) < 4.78 is 0. The van der Waals surface area contributed by atoms with E-state index < -0.39 is 0 Å². The van der Waals surface area contributed by atoms with Crippen LogP contribution in [0.15, 0.2) is 0 Å². The van der Waals surface area contributed by atoms with Crippen molar-refractivity contribution in [3.05, 3.63) is 22.8 Å². The van der Waals surface area contributed by atoms with E-state index in [1.807, 2.05) is 14.0 Å². The summed E-state index contributed by atoms with van der Waals surface area (Å²) in [6.07, 6.45) is 0.912. The Balaban J connectivity index is 2.55. The molecule has 2 rings (SSSR count). The maximum atomic E-state index is 11.5. The van der Waals surface area contributed by atoms with Crippen LogP contribution >= 0.6 is 0 Å². The summed E-state index contributed by atoms with van der Waals surface area (Å²) in [5, 5.41) is 0. The van der Waals surface area contributed by atoms with Crippen molar-refractivity contribution in [2.75, 3.05) is 13.6 Å². The molecule has 80 valence electrons. The lowest BCUT2D eigenvalue weighted by Gasteiger charge is -2.25. The molecule has 0 fully saturated rings. The Morgan fingerprint density at radius 1 is 1.40 bits per heavy atom. The summed E-state index contributed by atoms with van der Waals surface area (Å²) in [4.78, 5) is 22.3. The standard InChI is InChI=1S/C11H15N3O/c1-7(15)11-9-6-14(3)5-4-10(9)12-8(2)13-11/h4-6H2,1-3H3. The molecule has 0 aliphatic carbocycles. The molecule has 1 aliphatic heterocycles. The van der Waals surface area contributed by atoms with Crippen LogP contribution in [0.25, 0.3) is 0 Å². The van der Waals surface area contributed by atoms with Gasteiger partial charge in [0.05, 0.1) is 5.69 Å². The molecule has 1 aromatic heterocycles. The molecule has 0 saturated carbocycles. The number of likely N-dealkylation sites (N-methyl/N-ethyl adjacent to an activating group) is 1. The number of hydrogen-bond acceptors (Lipinski definition) is 4. The molecular formula is C11H15N3O. The number of hydrogen-bond donors (Lipinski definition) is 0. The first-order chi connectivity index (χ1) is 7.08. The molecule has 0 saturated heterocycles. The highest BCUT2D eigenvalue weighted by Gasteiger charge is 2.21. The van der Waals surface area contributed by atoms with Gasteiger partial charge in [-0.25, -0.2) is 9.97 Å². The number of aromatic nitrogens is 2. The van der Waals surface area contributed by atoms with Crippen molar-refractivity contribution in [2.24, 2.45) is 0 Å². The fourth-order valence-electron chi connectivity index (χ4n) is 1.96. The average Bonchev–Trinajstić information content (AvgIpc) is 2.17. The van der Waals surface area contributed by atoms with E-state index in [0.29, 0.717) is 11.5 Å². The first kappa shape index (κ1) is 10.2. The topological polar surface area (TPSA) is 46.1 Å². The smallest absolute Gasteiger partial charge is 0.178 e. The van der Waals surface area contributed by atoms with E-state index in [1.165, 1.54) is 0 Å². The van der Waals surface area contributed by atoms with Gasteiger partial charge in [0, 0.05) is 32.0 Å². The third-order valence-electron chi connectivity index (χ3n) is 2.70. The lowest BCUT2D eigenvalue weighted by Crippen LogP contribution is -2.29. The summed E-state index contributed by atoms with van der Waals surface area (Å²) in [6, 6.07) is 0. The molecule has 0 aromatic carbocycles. The Labute approximate surface area is 89.3 Å². The number of carbonyl (C=O) groups is 1. The Morgan fingerprint density at radius 3 is 2.80 bits per heavy atom. The molecule has 0 bridgehead atoms. The number of fused-ring (bicyclic) bond motifs is 1. The van der Waals surface area contributed by atoms with Gasteiger partial charge < -0.3 is 4.90 Å². The van der Waals surface area contributed by atoms with Crippen LogP contribution in [0.4, 0.5) is 0 Å². The second-order valence-corrected chi connectivity index (χ2v) is 4.09. The summed E-state index contributed by atoms with van der Waals surface area (Å²) in [5.74, 6) is 0.732. The minimum atomic E-state index is 0.0343. The van der Waals surface area contributed by atoms with Crippen LogP contribution in [0.2, 0.25) is 0 Å². The second-order valence-electron chi connectivity index (χ2n) is 4.09. The van der Waals surface area contributed by atoms with Crippen LogP contribution in [0.5, 0.6) is 0 Å². The average molecular weight is 205 g/mol. The summed E-state index contributed by atoms with van der Waals surface area (Å²) in [7, 11) is 2.05. The van der Waals surface area contributed by atoms with Crippen molar-refractivity contribution in [1.82, 2.24) is 14.9 Å². The van der Waals surface area contributed by atoms with Crippen LogP contribution in [-0.4, -0.2) is 34.2 Å². The number of ketones is 1. The van der Waals surface area contributed by atoms with Crippen LogP contribution in [0.3, 0.4) is 0 Å². The normalized spacial score (nSPS) is 16.2. The number of aryl methyl sites for hydroxylation is 1. The molecule has 0 radical (unpaired) electrons. The van der Waals surface area contributed by atoms with E-state index >= 15 is 0 Å². The predicted molar refractivity (Wildman–Crippen MR) is 56.8 cm³/mol. The maximum absolute atomic E-state index is 11.5. The Bertz CT molecular complexity index is 415. The lowest BCUT2D eigenvalue weighted by molar-refractivity contribution is 0.101. The SMILES string of the molecule is CC(=O)c1nc(C)nc2c1CN(C)CC2. The highest BCUT2D eigenvalue weighted by molar-refractivity contribution is 5.93. The Kier molecular flexibility index (Phi) is 2.52. The monoisotopic (exact) mass is 205 g/mol. The van der Waals surface area contributed by atoms with Crippen LogP contribution < -0.4 is 0 Å². The van der Waals surface area contributed by atoms with Gasteiger partial charge in [-0.15, -0.1) is 0 Å². The zero-order valence-electron chi connectivity index (χ0n) is 9.37. The largest absolute Gasteiger partial charge is 0.302 e. The van der Waals surface area contributed by atoms with Gasteiger partial charge >= 0.3 is 0 Å². The highest BCUT2D eigenvalue weighted by Crippen LogP contribution is 2.19. The van der Waals surface area contributed by atoms with Crippen LogP contribution in [0, 0.1) is 6.92 Å². The van der Waals surface area contributed by atoms with Crippen molar-refractivity contribution >= 4 is 5.78 Å². The minimum Gasteiger partial charge on any atom is -0.302 e. The zero-order valence-corrected chi connectivity index (χ0v) is 9.37. The molecular weight excluding hydrogens is 190 g/mol. The summed E-state index contributed by atoms with van der Waals surface area (Å²) in [5.41, 5.74) is 2.66. The van der Waals surface area contributed by atoms with E-state index in [9.17, 15) is 4.79 Å². The fraction of sp³-hybridized carbons (Fsp3) is 0.545. The first-order valence-electron chi connectivity index (χ1n) is 5.14. The molecule has 15 heavy (non-hydrogen) atoms. The quantitative estimate of drug-likeness (QED) is 0.641. The second kappa shape index (κ2) is 3.70. The van der Waals surface area contributed by atoms with Gasteiger partial charge in [0.1, 0.15) is 11.5 Å². The zero-order chi connectivity index (χ0) is 11.0. The molecule has 1 aliphatic rings. The van der Waals surface area contributed by atoms with Gasteiger partial charge in [0.2, 0.25) is 0 Å². The van der Waals surface area contributed by atoms with Crippen LogP contribution in [-0.2, 0) is 13.0 Å². The Hall–Kier alpha value is -1.29. The highest BCUT2D eigenvalue weighted by atomic mass is 16.1. The summed E-state index contributed by atoms with van der Waals surface area (Å²) in [6.45, 7) is 5.19. The number of rotatable bonds is 1. The van der Waals surface area contributed by atoms with Crippen LogP contribution in [0.1, 0.15) is 34.5 Å². The Morgan fingerprint density at radius 2 is 2.13 bits per heavy atom. The molecule has 0 spiro atoms. The van der Waals surface area contributed by atoms with E-state index in [0.717, 1.165) is 30.8 Å². The lowest BCUT2D eigenvalue weighted by atomic mass is 10.0. The van der Waals surface area contributed by atoms with Gasteiger partial charge in [0.15, 0.2) is 5.78 Å². The van der Waals surface area contributed by atoms with Crippen molar-refractivity contribution in [3.8, 4) is 0 Å². The maximum Gasteiger partial charge on any atom is 0.178 e. The molecule has 0 unspecified atom stereocenters. The molecule has 0 amide bonds. The number of carbonyl (C=O) groups excluding carboxylic acids is 1.